The maximum Gasteiger partial charge on any atom is 0.291 e. The highest BCUT2D eigenvalue weighted by Gasteiger charge is 2.21. The van der Waals surface area contributed by atoms with Crippen molar-refractivity contribution in [1.29, 1.82) is 0 Å². The fraction of sp³-hybridized carbons (Fsp3) is 0.0833. The average molecular weight is 484 g/mol. The number of aryl methyl sites for hydroxylation is 1. The molecule has 0 unspecified atom stereocenters. The van der Waals surface area contributed by atoms with Gasteiger partial charge in [0.05, 0.1) is 22.3 Å². The molecule has 0 saturated carbocycles. The molecule has 0 bridgehead atoms. The molecular formula is C24H18ClNO6S. The van der Waals surface area contributed by atoms with Gasteiger partial charge >= 0.3 is 0 Å². The van der Waals surface area contributed by atoms with E-state index in [9.17, 15) is 18.0 Å². The van der Waals surface area contributed by atoms with Crippen LogP contribution in [0.5, 0.6) is 5.75 Å². The normalized spacial score (nSPS) is 11.4. The van der Waals surface area contributed by atoms with E-state index in [0.717, 1.165) is 11.6 Å². The maximum atomic E-state index is 13.1. The summed E-state index contributed by atoms with van der Waals surface area (Å²) in [6.07, 6.45) is 0. The van der Waals surface area contributed by atoms with Gasteiger partial charge in [-0.2, -0.15) is 0 Å². The molecule has 0 fully saturated rings. The van der Waals surface area contributed by atoms with Gasteiger partial charge in [0.1, 0.15) is 11.3 Å². The molecule has 0 saturated heterocycles. The molecule has 1 aromatic heterocycles. The van der Waals surface area contributed by atoms with Gasteiger partial charge in [0.25, 0.3) is 5.91 Å². The lowest BCUT2D eigenvalue weighted by Gasteiger charge is -2.11. The molecule has 0 radical (unpaired) electrons. The first-order chi connectivity index (χ1) is 15.7. The van der Waals surface area contributed by atoms with Gasteiger partial charge < -0.3 is 14.5 Å². The Balaban J connectivity index is 1.71. The van der Waals surface area contributed by atoms with Crippen molar-refractivity contribution < 1.29 is 22.4 Å². The van der Waals surface area contributed by atoms with Crippen LogP contribution in [0, 0.1) is 6.92 Å². The molecule has 9 heteroatoms. The Morgan fingerprint density at radius 1 is 0.970 bits per heavy atom. The molecule has 1 heterocycles. The number of nitrogens with one attached hydrogen (secondary N) is 1. The van der Waals surface area contributed by atoms with Crippen LogP contribution in [-0.4, -0.2) is 21.4 Å². The lowest BCUT2D eigenvalue weighted by atomic mass is 10.1. The summed E-state index contributed by atoms with van der Waals surface area (Å²) >= 11 is 5.86. The number of amides is 1. The number of sulfone groups is 1. The highest BCUT2D eigenvalue weighted by Crippen LogP contribution is 2.29. The Bertz CT molecular complexity index is 1540. The molecular weight excluding hydrogens is 466 g/mol. The number of benzene rings is 3. The fourth-order valence-electron chi connectivity index (χ4n) is 3.24. The summed E-state index contributed by atoms with van der Waals surface area (Å²) < 4.78 is 36.9. The van der Waals surface area contributed by atoms with E-state index in [1.807, 2.05) is 6.92 Å². The lowest BCUT2D eigenvalue weighted by molar-refractivity contribution is 0.0997. The molecule has 1 amide bonds. The lowest BCUT2D eigenvalue weighted by Crippen LogP contribution is -2.15. The topological polar surface area (TPSA) is 103 Å². The smallest absolute Gasteiger partial charge is 0.291 e. The number of halogens is 1. The summed E-state index contributed by atoms with van der Waals surface area (Å²) in [6.45, 7) is 1.85. The number of carbonyl (C=O) groups is 1. The van der Waals surface area contributed by atoms with Crippen LogP contribution in [0.25, 0.3) is 11.0 Å². The van der Waals surface area contributed by atoms with E-state index in [1.54, 1.807) is 18.2 Å². The molecule has 4 rings (SSSR count). The largest absolute Gasteiger partial charge is 0.497 e. The van der Waals surface area contributed by atoms with Crippen LogP contribution in [0.4, 0.5) is 5.69 Å². The molecule has 0 spiro atoms. The summed E-state index contributed by atoms with van der Waals surface area (Å²) in [5.74, 6) is -0.699. The Morgan fingerprint density at radius 3 is 2.39 bits per heavy atom. The van der Waals surface area contributed by atoms with E-state index in [4.69, 9.17) is 20.8 Å². The standard InChI is InChI=1S/C24H18ClNO6S/c1-14-3-8-22-20(9-14)21(27)13-23(32-22)24(28)26-16-10-17(31-2)12-19(11-16)33(29,30)18-6-4-15(25)5-7-18/h3-13H,1-2H3,(H,26,28). The van der Waals surface area contributed by atoms with Gasteiger partial charge in [-0.05, 0) is 55.5 Å². The van der Waals surface area contributed by atoms with Crippen molar-refractivity contribution in [2.24, 2.45) is 0 Å². The van der Waals surface area contributed by atoms with Gasteiger partial charge in [-0.25, -0.2) is 8.42 Å². The molecule has 168 valence electrons. The molecule has 7 nitrogen and oxygen atoms in total. The molecule has 0 aliphatic heterocycles. The SMILES string of the molecule is COc1cc(NC(=O)c2cc(=O)c3cc(C)ccc3o2)cc(S(=O)(=O)c2ccc(Cl)cc2)c1. The van der Waals surface area contributed by atoms with Crippen molar-refractivity contribution in [3.8, 4) is 5.75 Å². The van der Waals surface area contributed by atoms with Gasteiger partial charge in [-0.3, -0.25) is 9.59 Å². The Kier molecular flexibility index (Phi) is 5.97. The van der Waals surface area contributed by atoms with E-state index in [-0.39, 0.29) is 38.0 Å². The molecule has 0 atom stereocenters. The predicted octanol–water partition coefficient (Wildman–Crippen LogP) is 4.85. The van der Waals surface area contributed by atoms with Crippen LogP contribution in [-0.2, 0) is 9.84 Å². The van der Waals surface area contributed by atoms with Crippen molar-refractivity contribution in [2.45, 2.75) is 16.7 Å². The van der Waals surface area contributed by atoms with Crippen LogP contribution in [0.1, 0.15) is 16.1 Å². The van der Waals surface area contributed by atoms with E-state index >= 15 is 0 Å². The van der Waals surface area contributed by atoms with Crippen molar-refractivity contribution in [1.82, 2.24) is 0 Å². The number of rotatable bonds is 5. The first kappa shape index (κ1) is 22.6. The molecule has 4 aromatic rings. The van der Waals surface area contributed by atoms with Gasteiger partial charge in [0.2, 0.25) is 9.84 Å². The number of ether oxygens (including phenoxy) is 1. The third kappa shape index (κ3) is 4.62. The zero-order valence-electron chi connectivity index (χ0n) is 17.6. The number of carbonyl (C=O) groups excluding carboxylic acids is 1. The number of methoxy groups -OCH3 is 1. The summed E-state index contributed by atoms with van der Waals surface area (Å²) in [7, 11) is -2.54. The first-order valence-corrected chi connectivity index (χ1v) is 11.6. The Morgan fingerprint density at radius 2 is 1.70 bits per heavy atom. The second kappa shape index (κ2) is 8.73. The molecule has 0 aliphatic carbocycles. The second-order valence-corrected chi connectivity index (χ2v) is 9.67. The number of anilines is 1. The Labute approximate surface area is 194 Å². The minimum absolute atomic E-state index is 0.0354. The van der Waals surface area contributed by atoms with Crippen LogP contribution < -0.4 is 15.5 Å². The molecule has 0 aliphatic rings. The predicted molar refractivity (Wildman–Crippen MR) is 125 cm³/mol. The van der Waals surface area contributed by atoms with Gasteiger partial charge in [0, 0.05) is 22.8 Å². The molecule has 33 heavy (non-hydrogen) atoms. The maximum absolute atomic E-state index is 13.1. The van der Waals surface area contributed by atoms with Crippen molar-refractivity contribution in [3.63, 3.8) is 0 Å². The van der Waals surface area contributed by atoms with Crippen molar-refractivity contribution in [2.75, 3.05) is 12.4 Å². The summed E-state index contributed by atoms with van der Waals surface area (Å²) in [6, 6.07) is 16.0. The van der Waals surface area contributed by atoms with E-state index in [0.29, 0.717) is 10.4 Å². The fourth-order valence-corrected chi connectivity index (χ4v) is 4.69. The van der Waals surface area contributed by atoms with Crippen LogP contribution in [0.15, 0.2) is 85.7 Å². The highest BCUT2D eigenvalue weighted by molar-refractivity contribution is 7.91. The van der Waals surface area contributed by atoms with E-state index in [2.05, 4.69) is 5.32 Å². The highest BCUT2D eigenvalue weighted by atomic mass is 35.5. The zero-order valence-corrected chi connectivity index (χ0v) is 19.2. The number of hydrogen-bond donors (Lipinski definition) is 1. The summed E-state index contributed by atoms with van der Waals surface area (Å²) in [5, 5.41) is 3.34. The third-order valence-electron chi connectivity index (χ3n) is 4.91. The van der Waals surface area contributed by atoms with Crippen LogP contribution in [0.3, 0.4) is 0 Å². The minimum Gasteiger partial charge on any atom is -0.497 e. The van der Waals surface area contributed by atoms with Gasteiger partial charge in [0.15, 0.2) is 11.2 Å². The molecule has 3 aromatic carbocycles. The van der Waals surface area contributed by atoms with Gasteiger partial charge in [-0.1, -0.05) is 23.2 Å². The summed E-state index contributed by atoms with van der Waals surface area (Å²) in [5.41, 5.74) is 0.952. The average Bonchev–Trinajstić information content (AvgIpc) is 2.79. The van der Waals surface area contributed by atoms with Crippen molar-refractivity contribution in [3.05, 3.63) is 93.3 Å². The zero-order chi connectivity index (χ0) is 23.8. The van der Waals surface area contributed by atoms with Gasteiger partial charge in [-0.15, -0.1) is 0 Å². The number of hydrogen-bond acceptors (Lipinski definition) is 6. The van der Waals surface area contributed by atoms with Crippen molar-refractivity contribution >= 4 is 44.0 Å². The summed E-state index contributed by atoms with van der Waals surface area (Å²) in [4.78, 5) is 25.2. The quantitative estimate of drug-likeness (QED) is 0.435. The monoisotopic (exact) mass is 483 g/mol. The molecule has 1 N–H and O–H groups in total. The van der Waals surface area contributed by atoms with E-state index in [1.165, 1.54) is 49.6 Å². The number of fused-ring (bicyclic) bond motifs is 1. The third-order valence-corrected chi connectivity index (χ3v) is 6.92. The minimum atomic E-state index is -3.91. The Hall–Kier alpha value is -3.62. The van der Waals surface area contributed by atoms with E-state index < -0.39 is 15.7 Å². The first-order valence-electron chi connectivity index (χ1n) is 9.73. The van der Waals surface area contributed by atoms with Crippen LogP contribution >= 0.6 is 11.6 Å². The van der Waals surface area contributed by atoms with Crippen LogP contribution in [0.2, 0.25) is 5.02 Å². The second-order valence-electron chi connectivity index (χ2n) is 7.28.